The van der Waals surface area contributed by atoms with E-state index < -0.39 is 18.2 Å². The summed E-state index contributed by atoms with van der Waals surface area (Å²) in [7, 11) is 0. The van der Waals surface area contributed by atoms with Gasteiger partial charge in [-0.2, -0.15) is 0 Å². The lowest BCUT2D eigenvalue weighted by Crippen LogP contribution is -2.34. The molecule has 13 heteroatoms. The second-order valence-electron chi connectivity index (χ2n) is 12.6. The molecule has 2 aromatic carbocycles. The number of carboxylic acids is 1. The highest BCUT2D eigenvalue weighted by molar-refractivity contribution is 6.39. The second-order valence-corrected chi connectivity index (χ2v) is 13.4. The van der Waals surface area contributed by atoms with Crippen LogP contribution in [-0.2, 0) is 22.7 Å². The predicted molar refractivity (Wildman–Crippen MR) is 189 cm³/mol. The Bertz CT molecular complexity index is 1760. The number of carboxylic acid groups (broad SMARTS) is 1. The Kier molecular flexibility index (Phi) is 11.3. The summed E-state index contributed by atoms with van der Waals surface area (Å²) in [5.41, 5.74) is 5.82. The summed E-state index contributed by atoms with van der Waals surface area (Å²) >= 11 is 14.2. The van der Waals surface area contributed by atoms with E-state index in [1.54, 1.807) is 0 Å². The number of ketones is 1. The summed E-state index contributed by atoms with van der Waals surface area (Å²) in [4.78, 5) is 36.0. The molecule has 0 spiro atoms. The SMILES string of the molecule is CC(=O)CC(O)CN1CCOc2nc(-c3cccc(-c4cccc(-c5ccc6c(n5)OCCN(CC(O)CC(=O)O)C6)c4Cl)c3Cl)ccc2C1. The van der Waals surface area contributed by atoms with Gasteiger partial charge in [0.15, 0.2) is 0 Å². The standard InChI is InChI=1S/C37H38Cl2N4O7/c1-22(44)16-25(45)20-42-12-14-49-36-23(18-42)8-10-31(40-36)29-6-2-4-27(34(29)38)28-5-3-7-30(35(28)39)32-11-9-24-19-43(13-15-50-37(24)41-32)21-26(46)17-33(47)48/h2-11,25-26,45-46H,12-21H2,1H3,(H,47,48). The third-order valence-corrected chi connectivity index (χ3v) is 9.48. The second kappa shape index (κ2) is 15.8. The van der Waals surface area contributed by atoms with E-state index in [1.807, 2.05) is 65.6 Å². The number of hydrogen-bond donors (Lipinski definition) is 3. The number of aliphatic hydroxyl groups excluding tert-OH is 2. The molecular weight excluding hydrogens is 683 g/mol. The van der Waals surface area contributed by atoms with Gasteiger partial charge in [-0.25, -0.2) is 9.97 Å². The van der Waals surface area contributed by atoms with E-state index >= 15 is 0 Å². The van der Waals surface area contributed by atoms with Gasteiger partial charge in [-0.1, -0.05) is 71.7 Å². The van der Waals surface area contributed by atoms with Crippen LogP contribution in [0.15, 0.2) is 60.7 Å². The predicted octanol–water partition coefficient (Wildman–Crippen LogP) is 5.35. The summed E-state index contributed by atoms with van der Waals surface area (Å²) in [5.74, 6) is -0.127. The van der Waals surface area contributed by atoms with Crippen molar-refractivity contribution >= 4 is 35.0 Å². The van der Waals surface area contributed by atoms with Gasteiger partial charge >= 0.3 is 5.97 Å². The van der Waals surface area contributed by atoms with E-state index in [4.69, 9.17) is 47.8 Å². The number of aliphatic carboxylic acids is 1. The van der Waals surface area contributed by atoms with Crippen molar-refractivity contribution in [3.05, 3.63) is 81.8 Å². The first-order chi connectivity index (χ1) is 24.0. The number of benzene rings is 2. The average molecular weight is 722 g/mol. The molecule has 2 aromatic heterocycles. The van der Waals surface area contributed by atoms with Crippen LogP contribution in [0.2, 0.25) is 10.0 Å². The topological polar surface area (TPSA) is 146 Å². The summed E-state index contributed by atoms with van der Waals surface area (Å²) < 4.78 is 12.0. The fourth-order valence-corrected chi connectivity index (χ4v) is 7.01. The minimum absolute atomic E-state index is 0.0500. The van der Waals surface area contributed by atoms with E-state index in [0.29, 0.717) is 90.3 Å². The average Bonchev–Trinajstić information content (AvgIpc) is 3.38. The van der Waals surface area contributed by atoms with Gasteiger partial charge in [0.1, 0.15) is 19.0 Å². The van der Waals surface area contributed by atoms with Crippen LogP contribution in [-0.4, -0.2) is 98.4 Å². The van der Waals surface area contributed by atoms with Gasteiger partial charge < -0.3 is 24.8 Å². The largest absolute Gasteiger partial charge is 0.481 e. The number of rotatable bonds is 11. The quantitative estimate of drug-likeness (QED) is 0.184. The Morgan fingerprint density at radius 3 is 1.60 bits per heavy atom. The minimum Gasteiger partial charge on any atom is -0.481 e. The lowest BCUT2D eigenvalue weighted by Gasteiger charge is -2.22. The molecule has 4 heterocycles. The molecular formula is C37H38Cl2N4O7. The van der Waals surface area contributed by atoms with Crippen LogP contribution in [0.25, 0.3) is 33.6 Å². The molecule has 50 heavy (non-hydrogen) atoms. The van der Waals surface area contributed by atoms with Crippen molar-refractivity contribution in [1.82, 2.24) is 19.8 Å². The number of nitrogens with zero attached hydrogens (tertiary/aromatic N) is 4. The zero-order chi connectivity index (χ0) is 35.4. The van der Waals surface area contributed by atoms with Crippen LogP contribution in [0.1, 0.15) is 30.9 Å². The Morgan fingerprint density at radius 1 is 0.720 bits per heavy atom. The molecule has 2 aliphatic rings. The molecule has 4 aromatic rings. The van der Waals surface area contributed by atoms with Crippen LogP contribution in [0.5, 0.6) is 11.8 Å². The lowest BCUT2D eigenvalue weighted by atomic mass is 9.98. The number of pyridine rings is 2. The van der Waals surface area contributed by atoms with Crippen LogP contribution >= 0.6 is 23.2 Å². The summed E-state index contributed by atoms with van der Waals surface area (Å²) in [6.07, 6.45) is -1.92. The number of carbonyl (C=O) groups is 2. The van der Waals surface area contributed by atoms with Crippen molar-refractivity contribution in [2.75, 3.05) is 39.4 Å². The van der Waals surface area contributed by atoms with Gasteiger partial charge in [0, 0.05) is 79.1 Å². The summed E-state index contributed by atoms with van der Waals surface area (Å²) in [5, 5.41) is 30.4. The number of Topliss-reactive ketones (excluding diaryl/α,β-unsaturated/α-hetero) is 1. The maximum absolute atomic E-state index is 11.4. The third kappa shape index (κ3) is 8.43. The number of carbonyl (C=O) groups excluding carboxylic acids is 1. The maximum Gasteiger partial charge on any atom is 0.306 e. The Balaban J connectivity index is 1.23. The molecule has 0 amide bonds. The van der Waals surface area contributed by atoms with Crippen molar-refractivity contribution < 1.29 is 34.4 Å². The highest BCUT2D eigenvalue weighted by Crippen LogP contribution is 2.42. The zero-order valence-electron chi connectivity index (χ0n) is 27.5. The van der Waals surface area contributed by atoms with Crippen molar-refractivity contribution in [1.29, 1.82) is 0 Å². The van der Waals surface area contributed by atoms with Crippen LogP contribution in [0, 0.1) is 0 Å². The van der Waals surface area contributed by atoms with Crippen molar-refractivity contribution in [2.45, 2.75) is 45.1 Å². The number of hydrogen-bond acceptors (Lipinski definition) is 10. The number of aromatic nitrogens is 2. The van der Waals surface area contributed by atoms with Crippen molar-refractivity contribution in [3.63, 3.8) is 0 Å². The van der Waals surface area contributed by atoms with Gasteiger partial charge in [0.05, 0.1) is 40.1 Å². The molecule has 0 saturated heterocycles. The number of aliphatic hydroxyl groups is 2. The molecule has 0 radical (unpaired) electrons. The van der Waals surface area contributed by atoms with Gasteiger partial charge in [-0.15, -0.1) is 0 Å². The molecule has 0 fully saturated rings. The first-order valence-corrected chi connectivity index (χ1v) is 17.2. The minimum atomic E-state index is -1.04. The fourth-order valence-electron chi connectivity index (χ4n) is 6.36. The number of ether oxygens (including phenoxy) is 2. The monoisotopic (exact) mass is 720 g/mol. The lowest BCUT2D eigenvalue weighted by molar-refractivity contribution is -0.139. The Morgan fingerprint density at radius 2 is 1.16 bits per heavy atom. The number of fused-ring (bicyclic) bond motifs is 2. The van der Waals surface area contributed by atoms with Gasteiger partial charge in [-0.05, 0) is 19.1 Å². The van der Waals surface area contributed by atoms with Crippen LogP contribution in [0.3, 0.4) is 0 Å². The Hall–Kier alpha value is -4.10. The normalized spacial score (nSPS) is 16.2. The number of halogens is 2. The molecule has 0 bridgehead atoms. The molecule has 2 aliphatic heterocycles. The smallest absolute Gasteiger partial charge is 0.306 e. The first-order valence-electron chi connectivity index (χ1n) is 16.4. The van der Waals surface area contributed by atoms with Crippen LogP contribution < -0.4 is 9.47 Å². The first kappa shape index (κ1) is 35.7. The van der Waals surface area contributed by atoms with Crippen molar-refractivity contribution in [3.8, 4) is 45.4 Å². The van der Waals surface area contributed by atoms with Gasteiger partial charge in [0.25, 0.3) is 0 Å². The zero-order valence-corrected chi connectivity index (χ0v) is 29.0. The van der Waals surface area contributed by atoms with E-state index in [-0.39, 0.29) is 25.2 Å². The third-order valence-electron chi connectivity index (χ3n) is 8.67. The van der Waals surface area contributed by atoms with E-state index in [2.05, 4.69) is 4.90 Å². The molecule has 2 atom stereocenters. The molecule has 11 nitrogen and oxygen atoms in total. The van der Waals surface area contributed by atoms with Gasteiger partial charge in [-0.3, -0.25) is 19.4 Å². The van der Waals surface area contributed by atoms with E-state index in [1.165, 1.54) is 6.92 Å². The highest BCUT2D eigenvalue weighted by atomic mass is 35.5. The summed E-state index contributed by atoms with van der Waals surface area (Å²) in [6.45, 7) is 4.88. The molecule has 0 aliphatic carbocycles. The maximum atomic E-state index is 11.4. The molecule has 2 unspecified atom stereocenters. The molecule has 262 valence electrons. The van der Waals surface area contributed by atoms with Crippen LogP contribution in [0.4, 0.5) is 0 Å². The number of β-amino-alcohol motifs (C(OH)–C–C–N with tert-alkyl or cyclic N) is 2. The van der Waals surface area contributed by atoms with E-state index in [0.717, 1.165) is 22.3 Å². The molecule has 0 saturated carbocycles. The summed E-state index contributed by atoms with van der Waals surface area (Å²) in [6, 6.07) is 19.0. The molecule has 6 rings (SSSR count). The fraction of sp³-hybridized carbons (Fsp3) is 0.351. The Labute approximate surface area is 300 Å². The van der Waals surface area contributed by atoms with Gasteiger partial charge in [0.2, 0.25) is 11.8 Å². The highest BCUT2D eigenvalue weighted by Gasteiger charge is 2.24. The van der Waals surface area contributed by atoms with E-state index in [9.17, 15) is 19.8 Å². The molecule has 3 N–H and O–H groups in total. The van der Waals surface area contributed by atoms with Crippen molar-refractivity contribution in [2.24, 2.45) is 0 Å².